The third-order valence-electron chi connectivity index (χ3n) is 2.61. The third-order valence-corrected chi connectivity index (χ3v) is 3.93. The van der Waals surface area contributed by atoms with Crippen LogP contribution < -0.4 is 4.74 Å². The zero-order chi connectivity index (χ0) is 12.8. The molecule has 0 bridgehead atoms. The van der Waals surface area contributed by atoms with E-state index >= 15 is 0 Å². The lowest BCUT2D eigenvalue weighted by Gasteiger charge is -2.14. The lowest BCUT2D eigenvalue weighted by Crippen LogP contribution is -2.17. The first-order valence-electron chi connectivity index (χ1n) is 6.00. The molecule has 0 saturated heterocycles. The highest BCUT2D eigenvalue weighted by Gasteiger charge is 2.08. The molecule has 1 N–H and O–H groups in total. The molecule has 1 rings (SSSR count). The van der Waals surface area contributed by atoms with Gasteiger partial charge < -0.3 is 9.84 Å². The number of hydrogen-bond donors (Lipinski definition) is 1. The molecule has 2 nitrogen and oxygen atoms in total. The van der Waals surface area contributed by atoms with Gasteiger partial charge in [0.25, 0.3) is 0 Å². The van der Waals surface area contributed by atoms with Crippen molar-refractivity contribution in [1.82, 2.24) is 0 Å². The van der Waals surface area contributed by atoms with Crippen LogP contribution in [0.3, 0.4) is 0 Å². The van der Waals surface area contributed by atoms with Gasteiger partial charge in [0.05, 0.1) is 12.7 Å². The Bertz CT molecular complexity index is 330. The number of thioether (sulfide) groups is 1. The van der Waals surface area contributed by atoms with E-state index in [1.165, 1.54) is 11.1 Å². The van der Waals surface area contributed by atoms with Gasteiger partial charge in [-0.25, -0.2) is 0 Å². The van der Waals surface area contributed by atoms with E-state index in [2.05, 4.69) is 32.0 Å². The standard InChI is InChI=1S/C14H22O2S/c1-10-7-11(2)9-14(8-10)16-5-6-17-13(4)12(3)15/h7-9,12-13,15H,5-6H2,1-4H3. The Morgan fingerprint density at radius 1 is 1.18 bits per heavy atom. The van der Waals surface area contributed by atoms with Crippen LogP contribution in [0.1, 0.15) is 25.0 Å². The Hall–Kier alpha value is -0.670. The number of aliphatic hydroxyl groups is 1. The monoisotopic (exact) mass is 254 g/mol. The van der Waals surface area contributed by atoms with E-state index in [0.29, 0.717) is 6.61 Å². The van der Waals surface area contributed by atoms with Crippen LogP contribution >= 0.6 is 11.8 Å². The highest BCUT2D eigenvalue weighted by molar-refractivity contribution is 7.99. The van der Waals surface area contributed by atoms with E-state index in [1.54, 1.807) is 11.8 Å². The predicted octanol–water partition coefficient (Wildman–Crippen LogP) is 3.18. The molecule has 0 aliphatic carbocycles. The Kier molecular flexibility index (Phi) is 5.86. The van der Waals surface area contributed by atoms with Gasteiger partial charge in [-0.05, 0) is 44.0 Å². The molecule has 1 aromatic rings. The summed E-state index contributed by atoms with van der Waals surface area (Å²) in [7, 11) is 0. The van der Waals surface area contributed by atoms with Crippen molar-refractivity contribution in [2.24, 2.45) is 0 Å². The van der Waals surface area contributed by atoms with Crippen LogP contribution in [0.25, 0.3) is 0 Å². The summed E-state index contributed by atoms with van der Waals surface area (Å²) in [5.74, 6) is 1.84. The van der Waals surface area contributed by atoms with Crippen LogP contribution in [-0.4, -0.2) is 28.8 Å². The molecule has 0 saturated carbocycles. The van der Waals surface area contributed by atoms with Crippen LogP contribution in [0.15, 0.2) is 18.2 Å². The van der Waals surface area contributed by atoms with Gasteiger partial charge in [0.2, 0.25) is 0 Å². The van der Waals surface area contributed by atoms with Gasteiger partial charge in [0, 0.05) is 11.0 Å². The Balaban J connectivity index is 2.31. The van der Waals surface area contributed by atoms with Crippen molar-refractivity contribution in [2.75, 3.05) is 12.4 Å². The highest BCUT2D eigenvalue weighted by atomic mass is 32.2. The average molecular weight is 254 g/mol. The summed E-state index contributed by atoms with van der Waals surface area (Å²) >= 11 is 1.74. The molecule has 0 radical (unpaired) electrons. The summed E-state index contributed by atoms with van der Waals surface area (Å²) in [5.41, 5.74) is 2.45. The molecule has 1 aromatic carbocycles. The van der Waals surface area contributed by atoms with E-state index in [9.17, 15) is 5.11 Å². The molecule has 0 aliphatic heterocycles. The molecule has 0 fully saturated rings. The maximum Gasteiger partial charge on any atom is 0.119 e. The van der Waals surface area contributed by atoms with Gasteiger partial charge in [-0.15, -0.1) is 0 Å². The van der Waals surface area contributed by atoms with E-state index in [4.69, 9.17) is 4.74 Å². The number of ether oxygens (including phenoxy) is 1. The van der Waals surface area contributed by atoms with Crippen LogP contribution in [0, 0.1) is 13.8 Å². The predicted molar refractivity (Wildman–Crippen MR) is 75.0 cm³/mol. The molecule has 2 unspecified atom stereocenters. The van der Waals surface area contributed by atoms with E-state index in [-0.39, 0.29) is 11.4 Å². The van der Waals surface area contributed by atoms with Gasteiger partial charge in [0.1, 0.15) is 5.75 Å². The SMILES string of the molecule is Cc1cc(C)cc(OCCSC(C)C(C)O)c1. The zero-order valence-electron chi connectivity index (χ0n) is 11.1. The zero-order valence-corrected chi connectivity index (χ0v) is 11.9. The first-order chi connectivity index (χ1) is 7.99. The van der Waals surface area contributed by atoms with Gasteiger partial charge in [-0.3, -0.25) is 0 Å². The largest absolute Gasteiger partial charge is 0.493 e. The minimum absolute atomic E-state index is 0.262. The minimum atomic E-state index is -0.263. The summed E-state index contributed by atoms with van der Waals surface area (Å²) < 4.78 is 5.70. The number of benzene rings is 1. The summed E-state index contributed by atoms with van der Waals surface area (Å²) in [5, 5.41) is 9.61. The molecular formula is C14H22O2S. The summed E-state index contributed by atoms with van der Waals surface area (Å²) in [6, 6.07) is 6.24. The Labute approximate surface area is 108 Å². The molecular weight excluding hydrogens is 232 g/mol. The van der Waals surface area contributed by atoms with E-state index in [0.717, 1.165) is 11.5 Å². The fourth-order valence-corrected chi connectivity index (χ4v) is 2.38. The quantitative estimate of drug-likeness (QED) is 0.791. The summed E-state index contributed by atoms with van der Waals surface area (Å²) in [4.78, 5) is 0. The topological polar surface area (TPSA) is 29.5 Å². The summed E-state index contributed by atoms with van der Waals surface area (Å²) in [6.07, 6.45) is -0.263. The van der Waals surface area contributed by atoms with Gasteiger partial charge >= 0.3 is 0 Å². The van der Waals surface area contributed by atoms with Crippen LogP contribution in [0.2, 0.25) is 0 Å². The summed E-state index contributed by atoms with van der Waals surface area (Å²) in [6.45, 7) is 8.69. The second-order valence-corrected chi connectivity index (χ2v) is 5.97. The molecule has 0 heterocycles. The highest BCUT2D eigenvalue weighted by Crippen LogP contribution is 2.18. The molecule has 2 atom stereocenters. The van der Waals surface area contributed by atoms with Gasteiger partial charge in [0.15, 0.2) is 0 Å². The fourth-order valence-electron chi connectivity index (χ4n) is 1.55. The van der Waals surface area contributed by atoms with Gasteiger partial charge in [-0.2, -0.15) is 11.8 Å². The molecule has 96 valence electrons. The van der Waals surface area contributed by atoms with E-state index < -0.39 is 0 Å². The van der Waals surface area contributed by atoms with Gasteiger partial charge in [-0.1, -0.05) is 13.0 Å². The fraction of sp³-hybridized carbons (Fsp3) is 0.571. The normalized spacial score (nSPS) is 14.4. The minimum Gasteiger partial charge on any atom is -0.493 e. The van der Waals surface area contributed by atoms with E-state index in [1.807, 2.05) is 13.8 Å². The van der Waals surface area contributed by atoms with Crippen molar-refractivity contribution in [3.8, 4) is 5.75 Å². The first kappa shape index (κ1) is 14.4. The van der Waals surface area contributed by atoms with Crippen LogP contribution in [-0.2, 0) is 0 Å². The second kappa shape index (κ2) is 6.92. The molecule has 0 aromatic heterocycles. The molecule has 0 aliphatic rings. The second-order valence-electron chi connectivity index (χ2n) is 4.49. The average Bonchev–Trinajstić information content (AvgIpc) is 2.22. The smallest absolute Gasteiger partial charge is 0.119 e. The van der Waals surface area contributed by atoms with Crippen molar-refractivity contribution in [3.05, 3.63) is 29.3 Å². The van der Waals surface area contributed by atoms with Crippen molar-refractivity contribution in [1.29, 1.82) is 0 Å². The molecule has 3 heteroatoms. The van der Waals surface area contributed by atoms with Crippen molar-refractivity contribution in [3.63, 3.8) is 0 Å². The lowest BCUT2D eigenvalue weighted by molar-refractivity contribution is 0.196. The Morgan fingerprint density at radius 3 is 2.29 bits per heavy atom. The number of aliphatic hydroxyl groups excluding tert-OH is 1. The maximum absolute atomic E-state index is 9.35. The lowest BCUT2D eigenvalue weighted by atomic mass is 10.1. The maximum atomic E-state index is 9.35. The third kappa shape index (κ3) is 5.46. The number of rotatable bonds is 6. The molecule has 0 spiro atoms. The molecule has 17 heavy (non-hydrogen) atoms. The van der Waals surface area contributed by atoms with Crippen LogP contribution in [0.4, 0.5) is 0 Å². The van der Waals surface area contributed by atoms with Crippen molar-refractivity contribution in [2.45, 2.75) is 39.0 Å². The number of hydrogen-bond acceptors (Lipinski definition) is 3. The van der Waals surface area contributed by atoms with Crippen LogP contribution in [0.5, 0.6) is 5.75 Å². The number of aryl methyl sites for hydroxylation is 2. The Morgan fingerprint density at radius 2 is 1.76 bits per heavy atom. The first-order valence-corrected chi connectivity index (χ1v) is 7.04. The van der Waals surface area contributed by atoms with Crippen molar-refractivity contribution < 1.29 is 9.84 Å². The molecule has 0 amide bonds. The van der Waals surface area contributed by atoms with Crippen molar-refractivity contribution >= 4 is 11.8 Å².